The number of rotatable bonds is 23. The monoisotopic (exact) mass is 430 g/mol. The molecule has 0 aromatic rings. The second-order valence-corrected chi connectivity index (χ2v) is 8.17. The number of hydrogen-bond acceptors (Lipinski definition) is 5. The van der Waals surface area contributed by atoms with Crippen LogP contribution in [0.3, 0.4) is 0 Å². The number of carboxylic acids is 1. The summed E-state index contributed by atoms with van der Waals surface area (Å²) >= 11 is 0. The van der Waals surface area contributed by atoms with Crippen LogP contribution in [0.1, 0.15) is 110 Å². The highest BCUT2D eigenvalue weighted by Crippen LogP contribution is 2.13. The molecule has 182 valence electrons. The van der Waals surface area contributed by atoms with Gasteiger partial charge in [0.05, 0.1) is 0 Å². The largest absolute Gasteiger partial charge is 0.481 e. The fourth-order valence-corrected chi connectivity index (χ4v) is 3.28. The highest BCUT2D eigenvalue weighted by molar-refractivity contribution is 5.66. The Labute approximate surface area is 187 Å². The van der Waals surface area contributed by atoms with Crippen molar-refractivity contribution in [3.8, 4) is 0 Å². The number of hydrogen-bond donors (Lipinski definition) is 5. The molecular weight excluding hydrogens is 376 g/mol. The minimum absolute atomic E-state index is 0.345. The van der Waals surface area contributed by atoms with Crippen LogP contribution >= 0.6 is 0 Å². The summed E-state index contributed by atoms with van der Waals surface area (Å²) < 4.78 is 0. The maximum Gasteiger partial charge on any atom is 0.303 e. The van der Waals surface area contributed by atoms with Gasteiger partial charge in [0.1, 0.15) is 0 Å². The topological polar surface area (TPSA) is 113 Å². The lowest BCUT2D eigenvalue weighted by Crippen LogP contribution is -2.32. The van der Waals surface area contributed by atoms with E-state index in [1.54, 1.807) is 0 Å². The second kappa shape index (κ2) is 30.5. The molecule has 0 amide bonds. The molecule has 6 heteroatoms. The molecule has 0 fully saturated rings. The van der Waals surface area contributed by atoms with Gasteiger partial charge in [-0.25, -0.2) is 0 Å². The number of carbonyl (C=O) groups is 1. The molecule has 0 aliphatic heterocycles. The van der Waals surface area contributed by atoms with E-state index in [1.807, 2.05) is 0 Å². The Balaban J connectivity index is 0. The van der Waals surface area contributed by atoms with Crippen molar-refractivity contribution in [1.82, 2.24) is 10.6 Å². The summed E-state index contributed by atoms with van der Waals surface area (Å²) in [6.45, 7) is 7.41. The molecule has 0 aromatic heterocycles. The third kappa shape index (κ3) is 34.8. The summed E-state index contributed by atoms with van der Waals surface area (Å²) in [6.07, 6.45) is 20.2. The van der Waals surface area contributed by atoms with Gasteiger partial charge in [0, 0.05) is 45.7 Å². The van der Waals surface area contributed by atoms with Gasteiger partial charge in [-0.3, -0.25) is 4.79 Å². The number of carboxylic acid groups (broad SMARTS) is 1. The van der Waals surface area contributed by atoms with Crippen LogP contribution in [0.25, 0.3) is 0 Å². The van der Waals surface area contributed by atoms with E-state index in [0.717, 1.165) is 39.0 Å². The van der Waals surface area contributed by atoms with Crippen LogP contribution in [-0.4, -0.2) is 50.3 Å². The molecule has 0 bridgehead atoms. The van der Waals surface area contributed by atoms with Crippen molar-refractivity contribution in [2.24, 2.45) is 11.5 Å². The molecule has 6 nitrogen and oxygen atoms in total. The molecule has 7 N–H and O–H groups in total. The van der Waals surface area contributed by atoms with E-state index < -0.39 is 5.97 Å². The van der Waals surface area contributed by atoms with Gasteiger partial charge in [-0.1, -0.05) is 96.8 Å². The molecule has 0 rings (SSSR count). The van der Waals surface area contributed by atoms with Gasteiger partial charge in [-0.05, 0) is 6.42 Å². The van der Waals surface area contributed by atoms with Crippen LogP contribution < -0.4 is 22.1 Å². The summed E-state index contributed by atoms with van der Waals surface area (Å²) in [7, 11) is 0. The standard InChI is InChI=1S/C18H36O2.C6H18N4/c1-2-3-4-5-6-7-8-9-10-11-12-13-14-15-16-17-18(19)20;7-1-3-9-5-6-10-4-2-8/h2-17H2,1H3,(H,19,20);9-10H,1-8H2. The quantitative estimate of drug-likeness (QED) is 0.153. The second-order valence-electron chi connectivity index (χ2n) is 8.17. The minimum Gasteiger partial charge on any atom is -0.481 e. The molecular formula is C24H54N4O2. The van der Waals surface area contributed by atoms with Crippen LogP contribution in [0.2, 0.25) is 0 Å². The first-order valence-electron chi connectivity index (χ1n) is 12.7. The predicted octanol–water partition coefficient (Wildman–Crippen LogP) is 4.42. The van der Waals surface area contributed by atoms with Crippen molar-refractivity contribution < 1.29 is 9.90 Å². The average molecular weight is 431 g/mol. The Morgan fingerprint density at radius 3 is 1.23 bits per heavy atom. The average Bonchev–Trinajstić information content (AvgIpc) is 2.74. The maximum absolute atomic E-state index is 10.3. The summed E-state index contributed by atoms with van der Waals surface area (Å²) in [4.78, 5) is 10.3. The predicted molar refractivity (Wildman–Crippen MR) is 131 cm³/mol. The molecule has 0 aromatic carbocycles. The van der Waals surface area contributed by atoms with Gasteiger partial charge in [0.25, 0.3) is 0 Å². The Hall–Kier alpha value is -0.690. The van der Waals surface area contributed by atoms with E-state index in [0.29, 0.717) is 19.5 Å². The lowest BCUT2D eigenvalue weighted by Gasteiger charge is -2.03. The van der Waals surface area contributed by atoms with Crippen LogP contribution in [0.5, 0.6) is 0 Å². The molecule has 0 aliphatic rings. The molecule has 0 heterocycles. The molecule has 0 saturated carbocycles. The highest BCUT2D eigenvalue weighted by atomic mass is 16.4. The Morgan fingerprint density at radius 2 is 0.933 bits per heavy atom. The first-order valence-corrected chi connectivity index (χ1v) is 12.7. The third-order valence-corrected chi connectivity index (χ3v) is 5.11. The van der Waals surface area contributed by atoms with Crippen molar-refractivity contribution in [3.63, 3.8) is 0 Å². The van der Waals surface area contributed by atoms with E-state index in [1.165, 1.54) is 83.5 Å². The SMILES string of the molecule is CCCCCCCCCCCCCCCCCC(=O)O.NCCNCCNCCN. The zero-order valence-corrected chi connectivity index (χ0v) is 20.1. The molecule has 0 radical (unpaired) electrons. The third-order valence-electron chi connectivity index (χ3n) is 5.11. The summed E-state index contributed by atoms with van der Waals surface area (Å²) in [6, 6.07) is 0. The normalized spacial score (nSPS) is 10.6. The van der Waals surface area contributed by atoms with E-state index in [9.17, 15) is 4.79 Å². The van der Waals surface area contributed by atoms with Gasteiger partial charge in [-0.2, -0.15) is 0 Å². The Morgan fingerprint density at radius 1 is 0.600 bits per heavy atom. The van der Waals surface area contributed by atoms with Crippen molar-refractivity contribution in [3.05, 3.63) is 0 Å². The molecule has 0 spiro atoms. The van der Waals surface area contributed by atoms with Gasteiger partial charge >= 0.3 is 5.97 Å². The lowest BCUT2D eigenvalue weighted by molar-refractivity contribution is -0.137. The molecule has 0 aliphatic carbocycles. The Bertz CT molecular complexity index is 310. The molecule has 0 unspecified atom stereocenters. The number of aliphatic carboxylic acids is 1. The van der Waals surface area contributed by atoms with Gasteiger partial charge < -0.3 is 27.2 Å². The Kier molecular flexibility index (Phi) is 32.0. The number of nitrogens with one attached hydrogen (secondary N) is 2. The van der Waals surface area contributed by atoms with Gasteiger partial charge in [0.15, 0.2) is 0 Å². The van der Waals surface area contributed by atoms with E-state index in [4.69, 9.17) is 16.6 Å². The molecule has 30 heavy (non-hydrogen) atoms. The number of nitrogens with two attached hydrogens (primary N) is 2. The van der Waals surface area contributed by atoms with Gasteiger partial charge in [0.2, 0.25) is 0 Å². The first kappa shape index (κ1) is 31.5. The van der Waals surface area contributed by atoms with E-state index in [2.05, 4.69) is 17.6 Å². The lowest BCUT2D eigenvalue weighted by atomic mass is 10.0. The fourth-order valence-electron chi connectivity index (χ4n) is 3.28. The zero-order valence-electron chi connectivity index (χ0n) is 20.1. The smallest absolute Gasteiger partial charge is 0.303 e. The maximum atomic E-state index is 10.3. The zero-order chi connectivity index (χ0) is 22.5. The first-order chi connectivity index (χ1) is 14.7. The minimum atomic E-state index is -0.653. The fraction of sp³-hybridized carbons (Fsp3) is 0.958. The van der Waals surface area contributed by atoms with Crippen LogP contribution in [0.4, 0.5) is 0 Å². The van der Waals surface area contributed by atoms with Crippen molar-refractivity contribution in [2.45, 2.75) is 110 Å². The van der Waals surface area contributed by atoms with Crippen LogP contribution in [0.15, 0.2) is 0 Å². The summed E-state index contributed by atoms with van der Waals surface area (Å²) in [5, 5.41) is 14.8. The van der Waals surface area contributed by atoms with Crippen molar-refractivity contribution in [2.75, 3.05) is 39.3 Å². The van der Waals surface area contributed by atoms with Crippen LogP contribution in [0, 0.1) is 0 Å². The van der Waals surface area contributed by atoms with Crippen molar-refractivity contribution in [1.29, 1.82) is 0 Å². The summed E-state index contributed by atoms with van der Waals surface area (Å²) in [5.41, 5.74) is 10.5. The summed E-state index contributed by atoms with van der Waals surface area (Å²) in [5.74, 6) is -0.653. The van der Waals surface area contributed by atoms with Crippen LogP contribution in [-0.2, 0) is 4.79 Å². The number of unbranched alkanes of at least 4 members (excludes halogenated alkanes) is 14. The van der Waals surface area contributed by atoms with Crippen molar-refractivity contribution >= 4 is 5.97 Å². The highest BCUT2D eigenvalue weighted by Gasteiger charge is 1.97. The molecule has 0 saturated heterocycles. The van der Waals surface area contributed by atoms with Gasteiger partial charge in [-0.15, -0.1) is 0 Å². The molecule has 0 atom stereocenters. The van der Waals surface area contributed by atoms with E-state index >= 15 is 0 Å². The van der Waals surface area contributed by atoms with E-state index in [-0.39, 0.29) is 0 Å².